The van der Waals surface area contributed by atoms with Crippen molar-refractivity contribution >= 4 is 12.0 Å². The monoisotopic (exact) mass is 169 g/mol. The highest BCUT2D eigenvalue weighted by molar-refractivity contribution is 7.94. The lowest BCUT2D eigenvalue weighted by atomic mass is 10.4. The van der Waals surface area contributed by atoms with Crippen LogP contribution in [0, 0.1) is 6.92 Å². The molecule has 0 unspecified atom stereocenters. The number of aromatic nitrogens is 1. The summed E-state index contributed by atoms with van der Waals surface area (Å²) in [7, 11) is 0. The molecule has 0 N–H and O–H groups in total. The van der Waals surface area contributed by atoms with Gasteiger partial charge in [-0.3, -0.25) is 4.98 Å². The first kappa shape index (κ1) is 8.56. The summed E-state index contributed by atoms with van der Waals surface area (Å²) >= 11 is 1.38. The first-order valence-corrected chi connectivity index (χ1v) is 4.30. The SMILES string of the molecule is CCOSc1cccnc1C. The molecular weight excluding hydrogens is 158 g/mol. The quantitative estimate of drug-likeness (QED) is 0.649. The largest absolute Gasteiger partial charge is 0.310 e. The van der Waals surface area contributed by atoms with Crippen molar-refractivity contribution in [3.05, 3.63) is 24.0 Å². The Morgan fingerprint density at radius 2 is 2.45 bits per heavy atom. The molecule has 0 saturated heterocycles. The first-order chi connectivity index (χ1) is 5.34. The molecule has 1 heterocycles. The number of pyridine rings is 1. The van der Waals surface area contributed by atoms with E-state index in [1.807, 2.05) is 26.0 Å². The molecule has 0 radical (unpaired) electrons. The number of hydrogen-bond acceptors (Lipinski definition) is 3. The molecule has 0 aromatic carbocycles. The first-order valence-electron chi connectivity index (χ1n) is 3.55. The van der Waals surface area contributed by atoms with Crippen LogP contribution < -0.4 is 0 Å². The van der Waals surface area contributed by atoms with Crippen molar-refractivity contribution in [3.8, 4) is 0 Å². The molecule has 11 heavy (non-hydrogen) atoms. The van der Waals surface area contributed by atoms with Crippen molar-refractivity contribution in [2.75, 3.05) is 6.61 Å². The summed E-state index contributed by atoms with van der Waals surface area (Å²) in [5.41, 5.74) is 1.02. The van der Waals surface area contributed by atoms with Gasteiger partial charge >= 0.3 is 0 Å². The van der Waals surface area contributed by atoms with E-state index in [9.17, 15) is 0 Å². The zero-order chi connectivity index (χ0) is 8.10. The zero-order valence-corrected chi connectivity index (χ0v) is 7.52. The van der Waals surface area contributed by atoms with E-state index in [1.165, 1.54) is 12.0 Å². The van der Waals surface area contributed by atoms with Crippen LogP contribution in [0.4, 0.5) is 0 Å². The van der Waals surface area contributed by atoms with Crippen LogP contribution in [0.15, 0.2) is 23.2 Å². The Bertz CT molecular complexity index is 227. The highest BCUT2D eigenvalue weighted by Gasteiger charge is 1.97. The van der Waals surface area contributed by atoms with Crippen molar-refractivity contribution in [2.45, 2.75) is 18.7 Å². The van der Waals surface area contributed by atoms with Crippen LogP contribution in [0.1, 0.15) is 12.6 Å². The van der Waals surface area contributed by atoms with Crippen molar-refractivity contribution in [3.63, 3.8) is 0 Å². The lowest BCUT2D eigenvalue weighted by molar-refractivity contribution is 0.401. The van der Waals surface area contributed by atoms with Gasteiger partial charge in [0.1, 0.15) is 0 Å². The summed E-state index contributed by atoms with van der Waals surface area (Å²) in [6.45, 7) is 4.67. The van der Waals surface area contributed by atoms with Gasteiger partial charge in [0.2, 0.25) is 0 Å². The Labute approximate surface area is 71.2 Å². The van der Waals surface area contributed by atoms with Crippen LogP contribution in [0.3, 0.4) is 0 Å². The van der Waals surface area contributed by atoms with Crippen molar-refractivity contribution in [1.29, 1.82) is 0 Å². The van der Waals surface area contributed by atoms with Gasteiger partial charge in [0.05, 0.1) is 17.2 Å². The summed E-state index contributed by atoms with van der Waals surface area (Å²) in [5.74, 6) is 0. The van der Waals surface area contributed by atoms with Gasteiger partial charge in [0, 0.05) is 18.2 Å². The molecule has 0 amide bonds. The lowest BCUT2D eigenvalue weighted by Crippen LogP contribution is -1.85. The highest BCUT2D eigenvalue weighted by atomic mass is 32.2. The fourth-order valence-electron chi connectivity index (χ4n) is 0.680. The summed E-state index contributed by atoms with van der Waals surface area (Å²) < 4.78 is 5.18. The van der Waals surface area contributed by atoms with Gasteiger partial charge in [0.25, 0.3) is 0 Å². The average Bonchev–Trinajstić information content (AvgIpc) is 2.03. The topological polar surface area (TPSA) is 22.1 Å². The third-order valence-corrected chi connectivity index (χ3v) is 2.19. The Kier molecular flexibility index (Phi) is 3.39. The molecule has 0 atom stereocenters. The van der Waals surface area contributed by atoms with Crippen LogP contribution in [0.5, 0.6) is 0 Å². The summed E-state index contributed by atoms with van der Waals surface area (Å²) in [5, 5.41) is 0. The fraction of sp³-hybridized carbons (Fsp3) is 0.375. The van der Waals surface area contributed by atoms with Gasteiger partial charge in [-0.15, -0.1) is 0 Å². The van der Waals surface area contributed by atoms with Crippen molar-refractivity contribution < 1.29 is 4.18 Å². The van der Waals surface area contributed by atoms with E-state index in [4.69, 9.17) is 4.18 Å². The molecule has 0 spiro atoms. The normalized spacial score (nSPS) is 10.0. The molecule has 0 aliphatic heterocycles. The highest BCUT2D eigenvalue weighted by Crippen LogP contribution is 2.20. The van der Waals surface area contributed by atoms with Crippen molar-refractivity contribution in [1.82, 2.24) is 4.98 Å². The summed E-state index contributed by atoms with van der Waals surface area (Å²) in [4.78, 5) is 5.22. The predicted octanol–water partition coefficient (Wildman–Crippen LogP) is 2.43. The number of nitrogens with zero attached hydrogens (tertiary/aromatic N) is 1. The molecule has 0 saturated carbocycles. The maximum absolute atomic E-state index is 5.18. The van der Waals surface area contributed by atoms with E-state index in [0.29, 0.717) is 0 Å². The minimum absolute atomic E-state index is 0.721. The zero-order valence-electron chi connectivity index (χ0n) is 6.70. The smallest absolute Gasteiger partial charge is 0.0590 e. The molecule has 1 aromatic rings. The Morgan fingerprint density at radius 3 is 3.09 bits per heavy atom. The van der Waals surface area contributed by atoms with E-state index in [2.05, 4.69) is 4.98 Å². The van der Waals surface area contributed by atoms with Crippen LogP contribution in [-0.2, 0) is 4.18 Å². The van der Waals surface area contributed by atoms with Gasteiger partial charge in [-0.05, 0) is 26.0 Å². The Hall–Kier alpha value is -0.540. The molecule has 0 bridgehead atoms. The van der Waals surface area contributed by atoms with Gasteiger partial charge in [-0.1, -0.05) is 0 Å². The van der Waals surface area contributed by atoms with Crippen molar-refractivity contribution in [2.24, 2.45) is 0 Å². The van der Waals surface area contributed by atoms with E-state index in [0.717, 1.165) is 17.2 Å². The second-order valence-corrected chi connectivity index (χ2v) is 2.92. The second kappa shape index (κ2) is 4.36. The average molecular weight is 169 g/mol. The third kappa shape index (κ3) is 2.52. The maximum atomic E-state index is 5.18. The lowest BCUT2D eigenvalue weighted by Gasteiger charge is -2.01. The molecule has 0 fully saturated rings. The van der Waals surface area contributed by atoms with E-state index in [1.54, 1.807) is 6.20 Å². The van der Waals surface area contributed by atoms with Gasteiger partial charge in [-0.25, -0.2) is 0 Å². The van der Waals surface area contributed by atoms with Crippen LogP contribution >= 0.6 is 12.0 Å². The standard InChI is InChI=1S/C8H11NOS/c1-3-10-11-8-5-4-6-9-7(8)2/h4-6H,3H2,1-2H3. The molecule has 1 aromatic heterocycles. The molecule has 60 valence electrons. The molecule has 1 rings (SSSR count). The summed E-state index contributed by atoms with van der Waals surface area (Å²) in [6, 6.07) is 3.91. The van der Waals surface area contributed by atoms with Gasteiger partial charge < -0.3 is 4.18 Å². The predicted molar refractivity (Wildman–Crippen MR) is 46.5 cm³/mol. The molecule has 2 nitrogen and oxygen atoms in total. The van der Waals surface area contributed by atoms with E-state index >= 15 is 0 Å². The van der Waals surface area contributed by atoms with Crippen LogP contribution in [0.2, 0.25) is 0 Å². The van der Waals surface area contributed by atoms with Gasteiger partial charge in [0.15, 0.2) is 0 Å². The minimum Gasteiger partial charge on any atom is -0.310 e. The Balaban J connectivity index is 2.62. The van der Waals surface area contributed by atoms with E-state index < -0.39 is 0 Å². The number of hydrogen-bond donors (Lipinski definition) is 0. The third-order valence-electron chi connectivity index (χ3n) is 1.22. The second-order valence-electron chi connectivity index (χ2n) is 2.08. The number of aryl methyl sites for hydroxylation is 1. The van der Waals surface area contributed by atoms with Gasteiger partial charge in [-0.2, -0.15) is 0 Å². The van der Waals surface area contributed by atoms with E-state index in [-0.39, 0.29) is 0 Å². The number of rotatable bonds is 3. The van der Waals surface area contributed by atoms with Crippen LogP contribution in [0.25, 0.3) is 0 Å². The minimum atomic E-state index is 0.721. The molecule has 0 aliphatic rings. The fourth-order valence-corrected chi connectivity index (χ4v) is 1.23. The molecule has 0 aliphatic carbocycles. The maximum Gasteiger partial charge on any atom is 0.0590 e. The Morgan fingerprint density at radius 1 is 1.64 bits per heavy atom. The molecular formula is C8H11NOS. The summed E-state index contributed by atoms with van der Waals surface area (Å²) in [6.07, 6.45) is 1.78. The molecule has 3 heteroatoms. The van der Waals surface area contributed by atoms with Crippen LogP contribution in [-0.4, -0.2) is 11.6 Å².